The number of imidazole rings is 2. The van der Waals surface area contributed by atoms with Crippen molar-refractivity contribution < 1.29 is 9.18 Å². The Morgan fingerprint density at radius 2 is 2.21 bits per heavy atom. The number of benzene rings is 1. The van der Waals surface area contributed by atoms with Gasteiger partial charge in [0.15, 0.2) is 10.1 Å². The van der Waals surface area contributed by atoms with Gasteiger partial charge in [0.2, 0.25) is 5.91 Å². The Hall–Kier alpha value is -2.97. The van der Waals surface area contributed by atoms with Gasteiger partial charge in [0.05, 0.1) is 17.4 Å². The molecule has 3 heterocycles. The number of hydrogen-bond donors (Lipinski definition) is 1. The molecule has 29 heavy (non-hydrogen) atoms. The summed E-state index contributed by atoms with van der Waals surface area (Å²) in [6, 6.07) is 4.51. The number of carbonyl (C=O) groups is 1. The van der Waals surface area contributed by atoms with Crippen molar-refractivity contribution in [1.29, 1.82) is 0 Å². The standard InChI is InChI=1S/C20H17ClFN5OS/c1-12(14-3-4-16(15(22)11-14)26-8-7-23-13(26)2)24-18(28)6-5-17-19(21)25-20-27(17)9-10-29-20/h3-12H,1-2H3,(H,24,28)/b6-5+/t12-/m0/s1. The molecular formula is C20H17ClFN5OS. The van der Waals surface area contributed by atoms with E-state index in [1.165, 1.54) is 23.5 Å². The Morgan fingerprint density at radius 1 is 1.38 bits per heavy atom. The third kappa shape index (κ3) is 3.81. The van der Waals surface area contributed by atoms with Crippen molar-refractivity contribution in [3.8, 4) is 5.69 Å². The Balaban J connectivity index is 1.47. The van der Waals surface area contributed by atoms with Crippen LogP contribution in [-0.2, 0) is 4.79 Å². The van der Waals surface area contributed by atoms with Gasteiger partial charge in [0.25, 0.3) is 0 Å². The fourth-order valence-electron chi connectivity index (χ4n) is 3.05. The molecular weight excluding hydrogens is 413 g/mol. The highest BCUT2D eigenvalue weighted by molar-refractivity contribution is 7.15. The lowest BCUT2D eigenvalue weighted by Crippen LogP contribution is -2.24. The van der Waals surface area contributed by atoms with Gasteiger partial charge in [-0.2, -0.15) is 0 Å². The molecule has 0 saturated carbocycles. The first-order chi connectivity index (χ1) is 13.9. The Kier molecular flexibility index (Phi) is 5.21. The number of halogens is 2. The maximum atomic E-state index is 14.6. The van der Waals surface area contributed by atoms with Crippen LogP contribution in [-0.4, -0.2) is 24.8 Å². The molecule has 4 aromatic rings. The molecule has 0 saturated heterocycles. The average Bonchev–Trinajstić information content (AvgIpc) is 3.37. The number of thiazole rings is 1. The zero-order chi connectivity index (χ0) is 20.5. The number of aromatic nitrogens is 4. The summed E-state index contributed by atoms with van der Waals surface area (Å²) in [5, 5.41) is 5.06. The van der Waals surface area contributed by atoms with E-state index >= 15 is 0 Å². The Morgan fingerprint density at radius 3 is 2.93 bits per heavy atom. The summed E-state index contributed by atoms with van der Waals surface area (Å²) < 4.78 is 18.1. The van der Waals surface area contributed by atoms with Crippen LogP contribution < -0.4 is 5.32 Å². The first-order valence-corrected chi connectivity index (χ1v) is 10.1. The van der Waals surface area contributed by atoms with Crippen molar-refractivity contribution in [3.63, 3.8) is 0 Å². The normalized spacial score (nSPS) is 12.7. The molecule has 0 radical (unpaired) electrons. The van der Waals surface area contributed by atoms with Crippen molar-refractivity contribution >= 4 is 39.9 Å². The summed E-state index contributed by atoms with van der Waals surface area (Å²) in [6.07, 6.45) is 8.17. The molecule has 0 spiro atoms. The largest absolute Gasteiger partial charge is 0.346 e. The zero-order valence-electron chi connectivity index (χ0n) is 15.6. The quantitative estimate of drug-likeness (QED) is 0.472. The van der Waals surface area contributed by atoms with Gasteiger partial charge in [-0.1, -0.05) is 17.7 Å². The number of amides is 1. The maximum absolute atomic E-state index is 14.6. The van der Waals surface area contributed by atoms with Crippen LogP contribution in [0.4, 0.5) is 4.39 Å². The smallest absolute Gasteiger partial charge is 0.244 e. The van der Waals surface area contributed by atoms with Crippen LogP contribution in [0.1, 0.15) is 30.0 Å². The van der Waals surface area contributed by atoms with E-state index in [1.807, 2.05) is 16.0 Å². The molecule has 1 amide bonds. The van der Waals surface area contributed by atoms with Crippen molar-refractivity contribution in [1.82, 2.24) is 24.3 Å². The second kappa shape index (κ2) is 7.81. The van der Waals surface area contributed by atoms with Crippen molar-refractivity contribution in [3.05, 3.63) is 76.3 Å². The Bertz CT molecular complexity index is 1220. The van der Waals surface area contributed by atoms with E-state index in [4.69, 9.17) is 11.6 Å². The lowest BCUT2D eigenvalue weighted by molar-refractivity contribution is -0.117. The highest BCUT2D eigenvalue weighted by atomic mass is 35.5. The molecule has 9 heteroatoms. The highest BCUT2D eigenvalue weighted by Gasteiger charge is 2.13. The summed E-state index contributed by atoms with van der Waals surface area (Å²) in [4.78, 5) is 21.4. The van der Waals surface area contributed by atoms with E-state index in [2.05, 4.69) is 15.3 Å². The predicted molar refractivity (Wildman–Crippen MR) is 112 cm³/mol. The summed E-state index contributed by atoms with van der Waals surface area (Å²) in [7, 11) is 0. The third-order valence-electron chi connectivity index (χ3n) is 4.56. The first kappa shape index (κ1) is 19.4. The van der Waals surface area contributed by atoms with Gasteiger partial charge in [-0.3, -0.25) is 9.20 Å². The molecule has 6 nitrogen and oxygen atoms in total. The fraction of sp³-hybridized carbons (Fsp3) is 0.150. The van der Waals surface area contributed by atoms with Crippen LogP contribution in [0.3, 0.4) is 0 Å². The topological polar surface area (TPSA) is 64.2 Å². The molecule has 0 aliphatic rings. The van der Waals surface area contributed by atoms with Crippen LogP contribution in [0, 0.1) is 12.7 Å². The van der Waals surface area contributed by atoms with Crippen LogP contribution in [0.25, 0.3) is 16.7 Å². The minimum atomic E-state index is -0.383. The lowest BCUT2D eigenvalue weighted by Gasteiger charge is -2.15. The van der Waals surface area contributed by atoms with E-state index in [9.17, 15) is 9.18 Å². The number of aryl methyl sites for hydroxylation is 1. The third-order valence-corrected chi connectivity index (χ3v) is 5.60. The van der Waals surface area contributed by atoms with Crippen LogP contribution in [0.5, 0.6) is 0 Å². The molecule has 0 unspecified atom stereocenters. The summed E-state index contributed by atoms with van der Waals surface area (Å²) in [5.74, 6) is 0.00113. The first-order valence-electron chi connectivity index (χ1n) is 8.83. The number of carbonyl (C=O) groups excluding carboxylic acids is 1. The molecule has 0 aliphatic carbocycles. The summed E-state index contributed by atoms with van der Waals surface area (Å²) >= 11 is 7.58. The number of nitrogens with one attached hydrogen (secondary N) is 1. The van der Waals surface area contributed by atoms with Gasteiger partial charge in [-0.25, -0.2) is 14.4 Å². The molecule has 0 fully saturated rings. The average molecular weight is 430 g/mol. The van der Waals surface area contributed by atoms with Gasteiger partial charge in [-0.15, -0.1) is 11.3 Å². The molecule has 1 aromatic carbocycles. The number of hydrogen-bond acceptors (Lipinski definition) is 4. The van der Waals surface area contributed by atoms with E-state index in [0.29, 0.717) is 27.9 Å². The van der Waals surface area contributed by atoms with Gasteiger partial charge in [0.1, 0.15) is 11.6 Å². The minimum absolute atomic E-state index is 0.311. The SMILES string of the molecule is Cc1nccn1-c1ccc([C@H](C)NC(=O)/C=C/c2c(Cl)nc3sccn23)cc1F. The highest BCUT2D eigenvalue weighted by Crippen LogP contribution is 2.23. The van der Waals surface area contributed by atoms with Gasteiger partial charge >= 0.3 is 0 Å². The molecule has 4 rings (SSSR count). The lowest BCUT2D eigenvalue weighted by atomic mass is 10.1. The molecule has 1 atom stereocenters. The number of rotatable bonds is 5. The van der Waals surface area contributed by atoms with Gasteiger partial charge in [-0.05, 0) is 37.6 Å². The minimum Gasteiger partial charge on any atom is -0.346 e. The second-order valence-electron chi connectivity index (χ2n) is 6.46. The van der Waals surface area contributed by atoms with Crippen molar-refractivity contribution in [2.75, 3.05) is 0 Å². The molecule has 0 bridgehead atoms. The second-order valence-corrected chi connectivity index (χ2v) is 7.69. The number of fused-ring (bicyclic) bond motifs is 1. The van der Waals surface area contributed by atoms with Crippen molar-refractivity contribution in [2.24, 2.45) is 0 Å². The molecule has 1 N–H and O–H groups in total. The van der Waals surface area contributed by atoms with Gasteiger partial charge in [0, 0.05) is 30.0 Å². The molecule has 3 aromatic heterocycles. The maximum Gasteiger partial charge on any atom is 0.244 e. The van der Waals surface area contributed by atoms with Gasteiger partial charge < -0.3 is 9.88 Å². The zero-order valence-corrected chi connectivity index (χ0v) is 17.2. The van der Waals surface area contributed by atoms with E-state index in [0.717, 1.165) is 4.96 Å². The van der Waals surface area contributed by atoms with E-state index in [1.54, 1.807) is 49.0 Å². The molecule has 0 aliphatic heterocycles. The summed E-state index contributed by atoms with van der Waals surface area (Å²) in [6.45, 7) is 3.60. The van der Waals surface area contributed by atoms with Crippen LogP contribution in [0.2, 0.25) is 5.15 Å². The molecule has 148 valence electrons. The van der Waals surface area contributed by atoms with E-state index < -0.39 is 0 Å². The monoisotopic (exact) mass is 429 g/mol. The van der Waals surface area contributed by atoms with Crippen molar-refractivity contribution in [2.45, 2.75) is 19.9 Å². The Labute approximate surface area is 175 Å². The summed E-state index contributed by atoms with van der Waals surface area (Å²) in [5.41, 5.74) is 1.71. The van der Waals surface area contributed by atoms with Crippen LogP contribution in [0.15, 0.2) is 48.2 Å². The van der Waals surface area contributed by atoms with E-state index in [-0.39, 0.29) is 17.8 Å². The predicted octanol–water partition coefficient (Wildman–Crippen LogP) is 4.57. The number of nitrogens with zero attached hydrogens (tertiary/aromatic N) is 4. The fourth-order valence-corrected chi connectivity index (χ4v) is 4.05. The van der Waals surface area contributed by atoms with Crippen LogP contribution >= 0.6 is 22.9 Å².